The lowest BCUT2D eigenvalue weighted by Gasteiger charge is -2.07. The van der Waals surface area contributed by atoms with Gasteiger partial charge in [0.1, 0.15) is 5.76 Å². The van der Waals surface area contributed by atoms with E-state index in [9.17, 15) is 4.79 Å². The molecule has 0 N–H and O–H groups in total. The molecule has 0 saturated heterocycles. The SMILES string of the molecule is CCCCc1cc(=O)oc(CC)c1C. The van der Waals surface area contributed by atoms with Crippen molar-refractivity contribution in [2.45, 2.75) is 46.5 Å². The Morgan fingerprint density at radius 1 is 1.36 bits per heavy atom. The van der Waals surface area contributed by atoms with E-state index in [4.69, 9.17) is 4.42 Å². The summed E-state index contributed by atoms with van der Waals surface area (Å²) in [6.45, 7) is 6.20. The molecule has 2 nitrogen and oxygen atoms in total. The Labute approximate surface area is 85.0 Å². The highest BCUT2D eigenvalue weighted by Crippen LogP contribution is 2.14. The number of hydrogen-bond donors (Lipinski definition) is 0. The fraction of sp³-hybridized carbons (Fsp3) is 0.583. The molecule has 78 valence electrons. The highest BCUT2D eigenvalue weighted by Gasteiger charge is 2.06. The Morgan fingerprint density at radius 3 is 2.64 bits per heavy atom. The predicted octanol–water partition coefficient (Wildman–Crippen LogP) is 2.85. The number of hydrogen-bond acceptors (Lipinski definition) is 2. The second-order valence-electron chi connectivity index (χ2n) is 3.60. The first-order chi connectivity index (χ1) is 6.69. The molecular weight excluding hydrogens is 176 g/mol. The number of aryl methyl sites for hydroxylation is 2. The molecule has 0 amide bonds. The second-order valence-corrected chi connectivity index (χ2v) is 3.60. The van der Waals surface area contributed by atoms with Gasteiger partial charge in [0, 0.05) is 12.5 Å². The van der Waals surface area contributed by atoms with Crippen LogP contribution in [0.3, 0.4) is 0 Å². The maximum absolute atomic E-state index is 11.2. The molecule has 0 aromatic carbocycles. The van der Waals surface area contributed by atoms with Crippen molar-refractivity contribution in [1.29, 1.82) is 0 Å². The van der Waals surface area contributed by atoms with Gasteiger partial charge in [0.05, 0.1) is 0 Å². The molecule has 0 aliphatic rings. The third-order valence-electron chi connectivity index (χ3n) is 2.54. The van der Waals surface area contributed by atoms with Crippen LogP contribution in [0.25, 0.3) is 0 Å². The fourth-order valence-electron chi connectivity index (χ4n) is 1.62. The minimum absolute atomic E-state index is 0.210. The van der Waals surface area contributed by atoms with Crippen LogP contribution in [0.15, 0.2) is 15.3 Å². The largest absolute Gasteiger partial charge is 0.428 e. The topological polar surface area (TPSA) is 30.2 Å². The molecule has 0 fully saturated rings. The lowest BCUT2D eigenvalue weighted by molar-refractivity contribution is 0.456. The van der Waals surface area contributed by atoms with Gasteiger partial charge in [0.2, 0.25) is 0 Å². The van der Waals surface area contributed by atoms with Crippen molar-refractivity contribution in [2.24, 2.45) is 0 Å². The summed E-state index contributed by atoms with van der Waals surface area (Å²) in [5.74, 6) is 0.837. The molecule has 0 saturated carbocycles. The molecule has 0 atom stereocenters. The van der Waals surface area contributed by atoms with Crippen molar-refractivity contribution in [3.8, 4) is 0 Å². The molecule has 1 heterocycles. The maximum Gasteiger partial charge on any atom is 0.336 e. The lowest BCUT2D eigenvalue weighted by Crippen LogP contribution is -2.06. The Morgan fingerprint density at radius 2 is 2.07 bits per heavy atom. The van der Waals surface area contributed by atoms with E-state index in [1.54, 1.807) is 6.07 Å². The summed E-state index contributed by atoms with van der Waals surface area (Å²) in [6.07, 6.45) is 4.07. The molecule has 0 radical (unpaired) electrons. The summed E-state index contributed by atoms with van der Waals surface area (Å²) in [4.78, 5) is 11.2. The van der Waals surface area contributed by atoms with Crippen LogP contribution in [-0.4, -0.2) is 0 Å². The third kappa shape index (κ3) is 2.47. The van der Waals surface area contributed by atoms with E-state index < -0.39 is 0 Å². The van der Waals surface area contributed by atoms with Gasteiger partial charge < -0.3 is 4.42 Å². The van der Waals surface area contributed by atoms with E-state index in [0.29, 0.717) is 0 Å². The average molecular weight is 194 g/mol. The summed E-state index contributed by atoms with van der Waals surface area (Å²) in [5.41, 5.74) is 2.10. The van der Waals surface area contributed by atoms with E-state index in [2.05, 4.69) is 6.92 Å². The molecule has 1 aromatic rings. The Hall–Kier alpha value is -1.05. The molecule has 1 aromatic heterocycles. The van der Waals surface area contributed by atoms with E-state index in [-0.39, 0.29) is 5.63 Å². The smallest absolute Gasteiger partial charge is 0.336 e. The van der Waals surface area contributed by atoms with Crippen molar-refractivity contribution < 1.29 is 4.42 Å². The van der Waals surface area contributed by atoms with Gasteiger partial charge in [-0.1, -0.05) is 20.3 Å². The minimum Gasteiger partial charge on any atom is -0.428 e. The molecule has 2 heteroatoms. The molecule has 0 bridgehead atoms. The zero-order chi connectivity index (χ0) is 10.6. The van der Waals surface area contributed by atoms with Gasteiger partial charge in [-0.25, -0.2) is 4.79 Å². The first-order valence-electron chi connectivity index (χ1n) is 5.31. The van der Waals surface area contributed by atoms with Crippen molar-refractivity contribution in [2.75, 3.05) is 0 Å². The highest BCUT2D eigenvalue weighted by molar-refractivity contribution is 5.26. The molecule has 0 spiro atoms. The van der Waals surface area contributed by atoms with Crippen LogP contribution in [0.1, 0.15) is 43.6 Å². The Kier molecular flexibility index (Phi) is 3.93. The van der Waals surface area contributed by atoms with Gasteiger partial charge in [-0.05, 0) is 30.9 Å². The molecular formula is C12H18O2. The van der Waals surface area contributed by atoms with Gasteiger partial charge >= 0.3 is 5.63 Å². The van der Waals surface area contributed by atoms with Crippen LogP contribution in [0.5, 0.6) is 0 Å². The standard InChI is InChI=1S/C12H18O2/c1-4-6-7-10-8-12(13)14-11(5-2)9(10)3/h8H,4-7H2,1-3H3. The van der Waals surface area contributed by atoms with Crippen molar-refractivity contribution in [3.05, 3.63) is 33.4 Å². The second kappa shape index (κ2) is 4.99. The molecule has 0 aliphatic heterocycles. The predicted molar refractivity (Wildman–Crippen MR) is 57.7 cm³/mol. The van der Waals surface area contributed by atoms with E-state index in [0.717, 1.165) is 42.6 Å². The Bertz CT molecular complexity index is 350. The van der Waals surface area contributed by atoms with E-state index in [1.165, 1.54) is 0 Å². The zero-order valence-corrected chi connectivity index (χ0v) is 9.22. The summed E-state index contributed by atoms with van der Waals surface area (Å²) in [6, 6.07) is 1.63. The number of rotatable bonds is 4. The van der Waals surface area contributed by atoms with Gasteiger partial charge in [-0.3, -0.25) is 0 Å². The summed E-state index contributed by atoms with van der Waals surface area (Å²) >= 11 is 0. The summed E-state index contributed by atoms with van der Waals surface area (Å²) < 4.78 is 5.12. The molecule has 14 heavy (non-hydrogen) atoms. The quantitative estimate of drug-likeness (QED) is 0.737. The van der Waals surface area contributed by atoms with Crippen LogP contribution in [0.2, 0.25) is 0 Å². The van der Waals surface area contributed by atoms with Crippen LogP contribution >= 0.6 is 0 Å². The van der Waals surface area contributed by atoms with Crippen LogP contribution in [0.4, 0.5) is 0 Å². The minimum atomic E-state index is -0.210. The van der Waals surface area contributed by atoms with Gasteiger partial charge in [0.25, 0.3) is 0 Å². The van der Waals surface area contributed by atoms with Crippen molar-refractivity contribution >= 4 is 0 Å². The Balaban J connectivity index is 3.03. The highest BCUT2D eigenvalue weighted by atomic mass is 16.4. The normalized spacial score (nSPS) is 10.5. The van der Waals surface area contributed by atoms with E-state index >= 15 is 0 Å². The first kappa shape index (κ1) is 11.0. The molecule has 1 rings (SSSR count). The van der Waals surface area contributed by atoms with Gasteiger partial charge in [-0.2, -0.15) is 0 Å². The van der Waals surface area contributed by atoms with Crippen LogP contribution in [-0.2, 0) is 12.8 Å². The van der Waals surface area contributed by atoms with Crippen molar-refractivity contribution in [3.63, 3.8) is 0 Å². The number of unbranched alkanes of at least 4 members (excludes halogenated alkanes) is 1. The monoisotopic (exact) mass is 194 g/mol. The van der Waals surface area contributed by atoms with Gasteiger partial charge in [0.15, 0.2) is 0 Å². The summed E-state index contributed by atoms with van der Waals surface area (Å²) in [7, 11) is 0. The first-order valence-corrected chi connectivity index (χ1v) is 5.31. The lowest BCUT2D eigenvalue weighted by atomic mass is 10.0. The van der Waals surface area contributed by atoms with E-state index in [1.807, 2.05) is 13.8 Å². The van der Waals surface area contributed by atoms with Crippen molar-refractivity contribution in [1.82, 2.24) is 0 Å². The van der Waals surface area contributed by atoms with Crippen LogP contribution < -0.4 is 5.63 Å². The van der Waals surface area contributed by atoms with Gasteiger partial charge in [-0.15, -0.1) is 0 Å². The maximum atomic E-state index is 11.2. The van der Waals surface area contributed by atoms with Crippen LogP contribution in [0, 0.1) is 6.92 Å². The zero-order valence-electron chi connectivity index (χ0n) is 9.22. The molecule has 0 unspecified atom stereocenters. The third-order valence-corrected chi connectivity index (χ3v) is 2.54. The molecule has 0 aliphatic carbocycles. The fourth-order valence-corrected chi connectivity index (χ4v) is 1.62. The average Bonchev–Trinajstić information content (AvgIpc) is 2.18. The summed E-state index contributed by atoms with van der Waals surface area (Å²) in [5, 5.41) is 0.